The summed E-state index contributed by atoms with van der Waals surface area (Å²) in [6.07, 6.45) is 1.90. The highest BCUT2D eigenvalue weighted by Gasteiger charge is 2.03. The zero-order chi connectivity index (χ0) is 7.84. The Balaban J connectivity index is 2.95. The molecule has 0 aliphatic heterocycles. The summed E-state index contributed by atoms with van der Waals surface area (Å²) in [5.74, 6) is 0. The summed E-state index contributed by atoms with van der Waals surface area (Å²) < 4.78 is 2.61. The molecule has 0 aromatic carbocycles. The van der Waals surface area contributed by atoms with Gasteiger partial charge in [-0.05, 0) is 28.1 Å². The van der Waals surface area contributed by atoms with Gasteiger partial charge in [-0.3, -0.25) is 4.40 Å². The van der Waals surface area contributed by atoms with Crippen LogP contribution in [0.3, 0.4) is 0 Å². The third-order valence-electron chi connectivity index (χ3n) is 1.46. The van der Waals surface area contributed by atoms with Gasteiger partial charge in [-0.15, -0.1) is 0 Å². The smallest absolute Gasteiger partial charge is 0.183 e. The Morgan fingerprint density at radius 1 is 1.45 bits per heavy atom. The van der Waals surface area contributed by atoms with Crippen LogP contribution in [0.25, 0.3) is 5.52 Å². The molecule has 0 spiro atoms. The van der Waals surface area contributed by atoms with Gasteiger partial charge in [0, 0.05) is 6.20 Å². The second-order valence-electron chi connectivity index (χ2n) is 2.13. The number of pyridine rings is 1. The van der Waals surface area contributed by atoms with E-state index in [1.54, 1.807) is 0 Å². The van der Waals surface area contributed by atoms with Crippen LogP contribution in [-0.2, 0) is 0 Å². The van der Waals surface area contributed by atoms with Gasteiger partial charge in [-0.2, -0.15) is 0 Å². The van der Waals surface area contributed by atoms with Crippen LogP contribution in [0.2, 0.25) is 5.15 Å². The Kier molecular flexibility index (Phi) is 1.62. The van der Waals surface area contributed by atoms with E-state index < -0.39 is 0 Å². The number of nitrogens with zero attached hydrogens (tertiary/aromatic N) is 2. The molecule has 0 unspecified atom stereocenters. The molecule has 4 heteroatoms. The van der Waals surface area contributed by atoms with E-state index in [0.29, 0.717) is 5.15 Å². The molecule has 0 fully saturated rings. The summed E-state index contributed by atoms with van der Waals surface area (Å²) in [4.78, 5) is 4.04. The van der Waals surface area contributed by atoms with Gasteiger partial charge in [0.2, 0.25) is 0 Å². The summed E-state index contributed by atoms with van der Waals surface area (Å²) in [5.41, 5.74) is 0.918. The molecule has 0 amide bonds. The third-order valence-corrected chi connectivity index (χ3v) is 2.30. The van der Waals surface area contributed by atoms with Crippen LogP contribution >= 0.6 is 27.5 Å². The maximum Gasteiger partial charge on any atom is 0.183 e. The Morgan fingerprint density at radius 2 is 2.27 bits per heavy atom. The van der Waals surface area contributed by atoms with Gasteiger partial charge in [0.05, 0.1) is 5.52 Å². The molecule has 0 aliphatic carbocycles. The largest absolute Gasteiger partial charge is 0.293 e. The molecule has 2 aromatic rings. The maximum absolute atomic E-state index is 5.82. The number of aromatic nitrogens is 2. The molecule has 0 saturated heterocycles. The van der Waals surface area contributed by atoms with Crippen LogP contribution in [0.15, 0.2) is 29.1 Å². The van der Waals surface area contributed by atoms with Crippen LogP contribution < -0.4 is 0 Å². The van der Waals surface area contributed by atoms with Crippen molar-refractivity contribution in [3.8, 4) is 0 Å². The highest BCUT2D eigenvalue weighted by molar-refractivity contribution is 9.10. The first-order chi connectivity index (χ1) is 5.29. The van der Waals surface area contributed by atoms with E-state index >= 15 is 0 Å². The summed E-state index contributed by atoms with van der Waals surface area (Å²) in [6, 6.07) is 5.77. The van der Waals surface area contributed by atoms with Crippen molar-refractivity contribution in [2.45, 2.75) is 0 Å². The highest BCUT2D eigenvalue weighted by Crippen LogP contribution is 2.20. The average molecular weight is 231 g/mol. The Bertz CT molecular complexity index is 360. The molecule has 0 radical (unpaired) electrons. The minimum Gasteiger partial charge on any atom is -0.293 e. The molecular formula is C7H4BrClN2. The molecule has 11 heavy (non-hydrogen) atoms. The minimum absolute atomic E-state index is 0.525. The molecule has 0 aliphatic rings. The average Bonchev–Trinajstić information content (AvgIpc) is 2.30. The van der Waals surface area contributed by atoms with E-state index in [1.807, 2.05) is 28.8 Å². The summed E-state index contributed by atoms with van der Waals surface area (Å²) >= 11 is 9.10. The summed E-state index contributed by atoms with van der Waals surface area (Å²) in [5, 5.41) is 0.525. The van der Waals surface area contributed by atoms with Crippen molar-refractivity contribution in [1.82, 2.24) is 9.38 Å². The van der Waals surface area contributed by atoms with E-state index in [9.17, 15) is 0 Å². The molecule has 2 heterocycles. The zero-order valence-electron chi connectivity index (χ0n) is 5.46. The lowest BCUT2D eigenvalue weighted by atomic mass is 10.4. The van der Waals surface area contributed by atoms with Crippen molar-refractivity contribution in [2.24, 2.45) is 0 Å². The number of hydrogen-bond acceptors (Lipinski definition) is 1. The Morgan fingerprint density at radius 3 is 3.00 bits per heavy atom. The van der Waals surface area contributed by atoms with Crippen LogP contribution in [-0.4, -0.2) is 9.38 Å². The summed E-state index contributed by atoms with van der Waals surface area (Å²) in [7, 11) is 0. The normalized spacial score (nSPS) is 10.7. The zero-order valence-corrected chi connectivity index (χ0v) is 7.80. The van der Waals surface area contributed by atoms with Gasteiger partial charge in [-0.1, -0.05) is 17.7 Å². The first-order valence-electron chi connectivity index (χ1n) is 3.07. The van der Waals surface area contributed by atoms with Crippen molar-refractivity contribution in [2.75, 3.05) is 0 Å². The monoisotopic (exact) mass is 230 g/mol. The molecule has 0 saturated carbocycles. The second kappa shape index (κ2) is 2.50. The first kappa shape index (κ1) is 7.13. The molecule has 0 N–H and O–H groups in total. The van der Waals surface area contributed by atoms with Gasteiger partial charge in [0.1, 0.15) is 0 Å². The predicted molar refractivity (Wildman–Crippen MR) is 47.9 cm³/mol. The molecule has 2 aromatic heterocycles. The van der Waals surface area contributed by atoms with E-state index in [-0.39, 0.29) is 0 Å². The molecule has 2 rings (SSSR count). The first-order valence-corrected chi connectivity index (χ1v) is 4.24. The lowest BCUT2D eigenvalue weighted by Gasteiger charge is -1.91. The second-order valence-corrected chi connectivity index (χ2v) is 3.19. The molecule has 2 nitrogen and oxygen atoms in total. The van der Waals surface area contributed by atoms with Crippen molar-refractivity contribution >= 4 is 33.0 Å². The van der Waals surface area contributed by atoms with Crippen LogP contribution in [0.4, 0.5) is 0 Å². The van der Waals surface area contributed by atoms with Crippen molar-refractivity contribution < 1.29 is 0 Å². The quantitative estimate of drug-likeness (QED) is 0.681. The fourth-order valence-electron chi connectivity index (χ4n) is 0.964. The Labute approximate surface area is 76.9 Å². The fraction of sp³-hybridized carbons (Fsp3) is 0. The number of halogens is 2. The fourth-order valence-corrected chi connectivity index (χ4v) is 1.79. The van der Waals surface area contributed by atoms with Crippen molar-refractivity contribution in [1.29, 1.82) is 0 Å². The lowest BCUT2D eigenvalue weighted by molar-refractivity contribution is 1.10. The molecule has 0 bridgehead atoms. The van der Waals surface area contributed by atoms with Gasteiger partial charge in [0.25, 0.3) is 0 Å². The SMILES string of the molecule is Clc1nc(Br)n2ccccc12. The van der Waals surface area contributed by atoms with Crippen LogP contribution in [0.5, 0.6) is 0 Å². The van der Waals surface area contributed by atoms with Gasteiger partial charge in [0.15, 0.2) is 9.89 Å². The third kappa shape index (κ3) is 1.04. The van der Waals surface area contributed by atoms with Crippen molar-refractivity contribution in [3.63, 3.8) is 0 Å². The van der Waals surface area contributed by atoms with Crippen molar-refractivity contribution in [3.05, 3.63) is 34.3 Å². The minimum atomic E-state index is 0.525. The predicted octanol–water partition coefficient (Wildman–Crippen LogP) is 2.75. The molecule has 0 atom stereocenters. The number of imidazole rings is 1. The topological polar surface area (TPSA) is 17.3 Å². The van der Waals surface area contributed by atoms with Crippen LogP contribution in [0, 0.1) is 0 Å². The standard InChI is InChI=1S/C7H4BrClN2/c8-7-10-6(9)5-3-1-2-4-11(5)7/h1-4H. The van der Waals surface area contributed by atoms with Gasteiger partial charge in [-0.25, -0.2) is 4.98 Å². The van der Waals surface area contributed by atoms with Crippen LogP contribution in [0.1, 0.15) is 0 Å². The number of rotatable bonds is 0. The number of hydrogen-bond donors (Lipinski definition) is 0. The van der Waals surface area contributed by atoms with E-state index in [4.69, 9.17) is 11.6 Å². The highest BCUT2D eigenvalue weighted by atomic mass is 79.9. The maximum atomic E-state index is 5.82. The Hall–Kier alpha value is -0.540. The van der Waals surface area contributed by atoms with Gasteiger partial charge < -0.3 is 0 Å². The molecule has 56 valence electrons. The summed E-state index contributed by atoms with van der Waals surface area (Å²) in [6.45, 7) is 0. The lowest BCUT2D eigenvalue weighted by Crippen LogP contribution is -1.80. The van der Waals surface area contributed by atoms with E-state index in [1.165, 1.54) is 0 Å². The number of fused-ring (bicyclic) bond motifs is 1. The molecular weight excluding hydrogens is 227 g/mol. The van der Waals surface area contributed by atoms with Gasteiger partial charge >= 0.3 is 0 Å². The van der Waals surface area contributed by atoms with E-state index in [2.05, 4.69) is 20.9 Å². The van der Waals surface area contributed by atoms with E-state index in [0.717, 1.165) is 10.3 Å².